The molecule has 2 aromatic heterocycles. The summed E-state index contributed by atoms with van der Waals surface area (Å²) >= 11 is 6.08. The molecule has 3 rings (SSSR count). The van der Waals surface area contributed by atoms with Crippen LogP contribution in [-0.2, 0) is 0 Å². The van der Waals surface area contributed by atoms with E-state index in [2.05, 4.69) is 39.4 Å². The molecule has 0 amide bonds. The van der Waals surface area contributed by atoms with E-state index in [0.717, 1.165) is 17.8 Å². The van der Waals surface area contributed by atoms with Gasteiger partial charge in [-0.05, 0) is 38.5 Å². The molecule has 0 aliphatic rings. The number of halogens is 1. The van der Waals surface area contributed by atoms with Crippen molar-refractivity contribution in [3.63, 3.8) is 0 Å². The second-order valence-corrected chi connectivity index (χ2v) is 6.82. The van der Waals surface area contributed by atoms with Gasteiger partial charge in [0.05, 0.1) is 19.0 Å². The monoisotopic (exact) mass is 374 g/mol. The number of benzene rings is 1. The van der Waals surface area contributed by atoms with Gasteiger partial charge in [0, 0.05) is 16.8 Å². The van der Waals surface area contributed by atoms with E-state index in [4.69, 9.17) is 11.6 Å². The van der Waals surface area contributed by atoms with Gasteiger partial charge in [0.15, 0.2) is 17.0 Å². The first-order chi connectivity index (χ1) is 12.5. The van der Waals surface area contributed by atoms with E-state index in [1.807, 2.05) is 35.8 Å². The van der Waals surface area contributed by atoms with Crippen LogP contribution in [0.3, 0.4) is 0 Å². The SMILES string of the molecule is CC[C@H](CO)Nc1nc(Nc2cccc(Cl)c2)c2ncn(C(C)C)c2n1. The number of rotatable bonds is 7. The van der Waals surface area contributed by atoms with Gasteiger partial charge in [-0.3, -0.25) is 0 Å². The molecule has 2 heterocycles. The highest BCUT2D eigenvalue weighted by molar-refractivity contribution is 6.30. The van der Waals surface area contributed by atoms with Gasteiger partial charge in [0.25, 0.3) is 0 Å². The first-order valence-corrected chi connectivity index (χ1v) is 9.04. The Morgan fingerprint density at radius 3 is 2.73 bits per heavy atom. The van der Waals surface area contributed by atoms with Crippen molar-refractivity contribution >= 4 is 40.2 Å². The van der Waals surface area contributed by atoms with Crippen LogP contribution in [0.25, 0.3) is 11.2 Å². The number of nitrogens with one attached hydrogen (secondary N) is 2. The first-order valence-electron chi connectivity index (χ1n) is 8.66. The summed E-state index contributed by atoms with van der Waals surface area (Å²) < 4.78 is 1.99. The molecule has 8 heteroatoms. The van der Waals surface area contributed by atoms with Gasteiger partial charge in [-0.2, -0.15) is 9.97 Å². The van der Waals surface area contributed by atoms with E-state index >= 15 is 0 Å². The van der Waals surface area contributed by atoms with Gasteiger partial charge in [-0.25, -0.2) is 4.98 Å². The van der Waals surface area contributed by atoms with Crippen molar-refractivity contribution in [3.8, 4) is 0 Å². The Hall–Kier alpha value is -2.38. The van der Waals surface area contributed by atoms with E-state index in [1.165, 1.54) is 0 Å². The Kier molecular flexibility index (Phi) is 5.58. The average molecular weight is 375 g/mol. The molecule has 0 bridgehead atoms. The van der Waals surface area contributed by atoms with Crippen LogP contribution >= 0.6 is 11.6 Å². The van der Waals surface area contributed by atoms with Gasteiger partial charge in [-0.1, -0.05) is 24.6 Å². The fourth-order valence-corrected chi connectivity index (χ4v) is 2.80. The zero-order chi connectivity index (χ0) is 18.7. The highest BCUT2D eigenvalue weighted by atomic mass is 35.5. The normalized spacial score (nSPS) is 12.5. The number of fused-ring (bicyclic) bond motifs is 1. The molecular formula is C18H23ClN6O. The predicted octanol–water partition coefficient (Wildman–Crippen LogP) is 3.99. The number of hydrogen-bond donors (Lipinski definition) is 3. The molecule has 3 N–H and O–H groups in total. The van der Waals surface area contributed by atoms with E-state index < -0.39 is 0 Å². The van der Waals surface area contributed by atoms with Gasteiger partial charge >= 0.3 is 0 Å². The number of aromatic nitrogens is 4. The number of nitrogens with zero attached hydrogens (tertiary/aromatic N) is 4. The Labute approximate surface area is 157 Å². The lowest BCUT2D eigenvalue weighted by Crippen LogP contribution is -2.24. The zero-order valence-corrected chi connectivity index (χ0v) is 15.8. The minimum absolute atomic E-state index is 0.0123. The molecule has 0 aliphatic heterocycles. The summed E-state index contributed by atoms with van der Waals surface area (Å²) in [6.45, 7) is 6.15. The van der Waals surface area contributed by atoms with Crippen LogP contribution in [-0.4, -0.2) is 37.3 Å². The molecule has 0 aliphatic carbocycles. The van der Waals surface area contributed by atoms with E-state index in [-0.39, 0.29) is 18.7 Å². The summed E-state index contributed by atoms with van der Waals surface area (Å²) in [5.74, 6) is 1.04. The van der Waals surface area contributed by atoms with E-state index in [1.54, 1.807) is 6.33 Å². The predicted molar refractivity (Wildman–Crippen MR) is 105 cm³/mol. The summed E-state index contributed by atoms with van der Waals surface area (Å²) in [5, 5.41) is 16.6. The maximum atomic E-state index is 9.47. The Balaban J connectivity index is 2.07. The fourth-order valence-electron chi connectivity index (χ4n) is 2.61. The second-order valence-electron chi connectivity index (χ2n) is 6.38. The Morgan fingerprint density at radius 2 is 2.08 bits per heavy atom. The summed E-state index contributed by atoms with van der Waals surface area (Å²) in [4.78, 5) is 13.7. The molecule has 0 radical (unpaired) electrons. The van der Waals surface area contributed by atoms with Crippen LogP contribution in [0.5, 0.6) is 0 Å². The lowest BCUT2D eigenvalue weighted by atomic mass is 10.2. The highest BCUT2D eigenvalue weighted by Gasteiger charge is 2.16. The minimum atomic E-state index is -0.109. The first kappa shape index (κ1) is 18.4. The van der Waals surface area contributed by atoms with Crippen molar-refractivity contribution in [2.45, 2.75) is 39.3 Å². The quantitative estimate of drug-likeness (QED) is 0.579. The lowest BCUT2D eigenvalue weighted by Gasteiger charge is -2.16. The minimum Gasteiger partial charge on any atom is -0.394 e. The molecule has 0 fully saturated rings. The average Bonchev–Trinajstić information content (AvgIpc) is 3.04. The maximum absolute atomic E-state index is 9.47. The van der Waals surface area contributed by atoms with Gasteiger partial charge < -0.3 is 20.3 Å². The van der Waals surface area contributed by atoms with Crippen molar-refractivity contribution in [2.24, 2.45) is 0 Å². The molecule has 26 heavy (non-hydrogen) atoms. The van der Waals surface area contributed by atoms with Crippen LogP contribution < -0.4 is 10.6 Å². The molecule has 0 spiro atoms. The van der Waals surface area contributed by atoms with Crippen molar-refractivity contribution < 1.29 is 5.11 Å². The van der Waals surface area contributed by atoms with Crippen LogP contribution in [0, 0.1) is 0 Å². The molecule has 0 unspecified atom stereocenters. The third-order valence-electron chi connectivity index (χ3n) is 4.11. The molecular weight excluding hydrogens is 352 g/mol. The molecule has 1 aromatic carbocycles. The topological polar surface area (TPSA) is 87.9 Å². The number of imidazole rings is 1. The summed E-state index contributed by atoms with van der Waals surface area (Å²) in [7, 11) is 0. The number of aliphatic hydroxyl groups excluding tert-OH is 1. The molecule has 3 aromatic rings. The third-order valence-corrected chi connectivity index (χ3v) is 4.35. The van der Waals surface area contributed by atoms with E-state index in [0.29, 0.717) is 22.3 Å². The van der Waals surface area contributed by atoms with Crippen LogP contribution in [0.1, 0.15) is 33.2 Å². The number of hydrogen-bond acceptors (Lipinski definition) is 6. The van der Waals surface area contributed by atoms with Crippen LogP contribution in [0.4, 0.5) is 17.5 Å². The van der Waals surface area contributed by atoms with Crippen molar-refractivity contribution in [3.05, 3.63) is 35.6 Å². The smallest absolute Gasteiger partial charge is 0.227 e. The summed E-state index contributed by atoms with van der Waals surface area (Å²) in [5.41, 5.74) is 2.23. The standard InChI is InChI=1S/C18H23ClN6O/c1-4-13(9-26)22-18-23-16(21-14-7-5-6-12(19)8-14)15-17(24-18)25(10-20-15)11(2)3/h5-8,10-11,13,26H,4,9H2,1-3H3,(H2,21,22,23,24)/t13-/m1/s1. The highest BCUT2D eigenvalue weighted by Crippen LogP contribution is 2.27. The molecule has 0 saturated heterocycles. The Morgan fingerprint density at radius 1 is 1.27 bits per heavy atom. The largest absolute Gasteiger partial charge is 0.394 e. The Bertz CT molecular complexity index is 891. The van der Waals surface area contributed by atoms with Crippen LogP contribution in [0.2, 0.25) is 5.02 Å². The van der Waals surface area contributed by atoms with Crippen molar-refractivity contribution in [1.82, 2.24) is 19.5 Å². The van der Waals surface area contributed by atoms with Gasteiger partial charge in [0.1, 0.15) is 0 Å². The van der Waals surface area contributed by atoms with Crippen molar-refractivity contribution in [1.29, 1.82) is 0 Å². The third kappa shape index (κ3) is 3.89. The number of aliphatic hydroxyl groups is 1. The fraction of sp³-hybridized carbons (Fsp3) is 0.389. The lowest BCUT2D eigenvalue weighted by molar-refractivity contribution is 0.271. The molecule has 1 atom stereocenters. The summed E-state index contributed by atoms with van der Waals surface area (Å²) in [6.07, 6.45) is 2.53. The maximum Gasteiger partial charge on any atom is 0.227 e. The van der Waals surface area contributed by atoms with Gasteiger partial charge in [0.2, 0.25) is 5.95 Å². The molecule has 138 valence electrons. The molecule has 0 saturated carbocycles. The van der Waals surface area contributed by atoms with Gasteiger partial charge in [-0.15, -0.1) is 0 Å². The number of anilines is 3. The second kappa shape index (κ2) is 7.88. The van der Waals surface area contributed by atoms with E-state index in [9.17, 15) is 5.11 Å². The summed E-state index contributed by atoms with van der Waals surface area (Å²) in [6, 6.07) is 7.52. The zero-order valence-electron chi connectivity index (χ0n) is 15.1. The molecule has 7 nitrogen and oxygen atoms in total. The van der Waals surface area contributed by atoms with Crippen LogP contribution in [0.15, 0.2) is 30.6 Å². The van der Waals surface area contributed by atoms with Crippen molar-refractivity contribution in [2.75, 3.05) is 17.2 Å².